The zero-order valence-corrected chi connectivity index (χ0v) is 37.4. The quantitative estimate of drug-likeness (QED) is 0.165. The number of imidazole rings is 1. The van der Waals surface area contributed by atoms with Crippen LogP contribution >= 0.6 is 0 Å². The third-order valence-corrected chi connectivity index (χ3v) is 11.7. The maximum Gasteiger partial charge on any atom is 0.149 e. The molecule has 0 aliphatic carbocycles. The SMILES string of the molecule is [2H]C([2H])([2H])C(c1ccc(-c2ccnc(-c3cc(-c4cccc5c4nc(-c4cc(C(C([2H])([2H])[2H])(C([2H])([2H])[2H])C([2H])([2H])[2H])cc(C(C([2H])([2H])[2H])(C([2H])([2H])[2H])C([2H])([2H])[2H])c4O)n5-c4ccc(CC(C)C)cc4-c4ccccc4)cc(C(C)(C)C)c3)c2)cc1)(C([2H])([2H])[2H])C([2H])([2H])[2H]. The van der Waals surface area contributed by atoms with Crippen LogP contribution in [0.15, 0.2) is 140 Å². The molecule has 4 nitrogen and oxygen atoms in total. The van der Waals surface area contributed by atoms with Crippen molar-refractivity contribution in [3.05, 3.63) is 167 Å². The Balaban J connectivity index is 1.53. The van der Waals surface area contributed by atoms with Crippen LogP contribution < -0.4 is 0 Å². The molecule has 0 spiro atoms. The highest BCUT2D eigenvalue weighted by Gasteiger charge is 2.30. The molecule has 4 heteroatoms. The molecule has 2 aromatic heterocycles. The molecule has 1 N–H and O–H groups in total. The number of para-hydroxylation sites is 1. The molecule has 0 saturated heterocycles. The minimum Gasteiger partial charge on any atom is -0.507 e. The maximum absolute atomic E-state index is 13.1. The van der Waals surface area contributed by atoms with E-state index in [1.54, 1.807) is 72.8 Å². The Morgan fingerprint density at radius 3 is 1.91 bits per heavy atom. The summed E-state index contributed by atoms with van der Waals surface area (Å²) in [7, 11) is 0. The van der Waals surface area contributed by atoms with Crippen LogP contribution in [0.4, 0.5) is 0 Å². The molecule has 0 fully saturated rings. The average Bonchev–Trinajstić information content (AvgIpc) is 0.970. The first-order valence-corrected chi connectivity index (χ1v) is 21.5. The van der Waals surface area contributed by atoms with Crippen LogP contribution in [0.1, 0.15) is 161 Å². The third-order valence-electron chi connectivity index (χ3n) is 11.7. The van der Waals surface area contributed by atoms with E-state index in [1.807, 2.05) is 58.9 Å². The summed E-state index contributed by atoms with van der Waals surface area (Å²) in [5.41, 5.74) is -10.4. The van der Waals surface area contributed by atoms with Crippen LogP contribution in [-0.4, -0.2) is 19.6 Å². The molecule has 0 unspecified atom stereocenters. The number of benzene rings is 6. The van der Waals surface area contributed by atoms with Crippen molar-refractivity contribution in [3.8, 4) is 67.5 Å². The second-order valence-electron chi connectivity index (χ2n) is 18.5. The lowest BCUT2D eigenvalue weighted by Gasteiger charge is -2.27. The first-order chi connectivity index (χ1) is 42.2. The normalized spacial score (nSPS) is 20.4. The number of aromatic hydroxyl groups is 1. The van der Waals surface area contributed by atoms with Gasteiger partial charge in [-0.25, -0.2) is 4.98 Å². The predicted molar refractivity (Wildman–Crippen MR) is 281 cm³/mol. The van der Waals surface area contributed by atoms with Crippen molar-refractivity contribution < 1.29 is 42.1 Å². The molecular formula is C62H69N3O. The standard InChI is InChI=1S/C62H69N3O/c1-39(2)31-40-23-28-54(50(32-40)42-19-16-15-17-20-42)65-55-22-18-21-49(56(55)64-58(65)51-37-48(61(9,10)11)38-52(57(51)66)62(12,13)14)44-33-45(35-47(34-44)60(6,7)8)53-36-43(29-30-63-53)41-24-26-46(27-25-41)59(3,4)5/h15-30,32-39,66H,31H2,1-14H3/i3D3,4D3,5D3,9D3,10D3,11D3,12D3,13D3,14D3. The average molecular weight is 899 g/mol. The number of nitrogens with zero attached hydrogens (tertiary/aromatic N) is 3. The van der Waals surface area contributed by atoms with Crippen LogP contribution in [0.25, 0.3) is 72.7 Å². The highest BCUT2D eigenvalue weighted by atomic mass is 16.3. The van der Waals surface area contributed by atoms with Crippen molar-refractivity contribution in [2.75, 3.05) is 0 Å². The Kier molecular flexibility index (Phi) is 6.11. The van der Waals surface area contributed by atoms with Crippen LogP contribution in [0.5, 0.6) is 5.75 Å². The van der Waals surface area contributed by atoms with Crippen molar-refractivity contribution in [2.45, 2.75) is 124 Å². The molecule has 2 heterocycles. The van der Waals surface area contributed by atoms with Crippen LogP contribution in [0.2, 0.25) is 0 Å². The smallest absolute Gasteiger partial charge is 0.149 e. The predicted octanol–water partition coefficient (Wildman–Crippen LogP) is 16.8. The van der Waals surface area contributed by atoms with Gasteiger partial charge in [-0.1, -0.05) is 181 Å². The molecule has 66 heavy (non-hydrogen) atoms. The van der Waals surface area contributed by atoms with Gasteiger partial charge < -0.3 is 5.11 Å². The van der Waals surface area contributed by atoms with Crippen LogP contribution in [-0.2, 0) is 28.1 Å². The summed E-state index contributed by atoms with van der Waals surface area (Å²) in [5, 5.41) is 13.1. The van der Waals surface area contributed by atoms with Gasteiger partial charge in [-0.15, -0.1) is 0 Å². The van der Waals surface area contributed by atoms with E-state index in [9.17, 15) is 5.11 Å². The maximum atomic E-state index is 13.1. The van der Waals surface area contributed by atoms with E-state index < -0.39 is 117 Å². The molecular weight excluding hydrogens is 803 g/mol. The highest BCUT2D eigenvalue weighted by Crippen LogP contribution is 2.46. The van der Waals surface area contributed by atoms with Gasteiger partial charge in [-0.3, -0.25) is 9.55 Å². The summed E-state index contributed by atoms with van der Waals surface area (Å²) < 4.78 is 234. The second-order valence-corrected chi connectivity index (χ2v) is 18.5. The number of pyridine rings is 1. The number of hydrogen-bond acceptors (Lipinski definition) is 3. The molecule has 0 saturated carbocycles. The van der Waals surface area contributed by atoms with E-state index in [2.05, 4.69) is 0 Å². The molecule has 6 aromatic carbocycles. The van der Waals surface area contributed by atoms with Crippen molar-refractivity contribution in [2.24, 2.45) is 5.92 Å². The van der Waals surface area contributed by atoms with Gasteiger partial charge in [-0.2, -0.15) is 0 Å². The molecule has 0 atom stereocenters. The fourth-order valence-corrected chi connectivity index (χ4v) is 8.33. The van der Waals surface area contributed by atoms with Crippen molar-refractivity contribution in [3.63, 3.8) is 0 Å². The Morgan fingerprint density at radius 1 is 0.545 bits per heavy atom. The van der Waals surface area contributed by atoms with Crippen LogP contribution in [0, 0.1) is 5.92 Å². The van der Waals surface area contributed by atoms with E-state index in [0.717, 1.165) is 11.1 Å². The summed E-state index contributed by atoms with van der Waals surface area (Å²) in [6, 6.07) is 34.3. The van der Waals surface area contributed by atoms with E-state index in [-0.39, 0.29) is 28.7 Å². The van der Waals surface area contributed by atoms with Crippen molar-refractivity contribution in [1.82, 2.24) is 14.5 Å². The Bertz CT molecular complexity index is 3960. The lowest BCUT2D eigenvalue weighted by atomic mass is 9.79. The fraction of sp³-hybridized carbons (Fsp3) is 0.323. The Labute approximate surface area is 432 Å². The summed E-state index contributed by atoms with van der Waals surface area (Å²) in [6.07, 6.45) is 2.07. The van der Waals surface area contributed by atoms with Gasteiger partial charge in [-0.05, 0) is 127 Å². The van der Waals surface area contributed by atoms with E-state index >= 15 is 0 Å². The minimum absolute atomic E-state index is 0.0765. The van der Waals surface area contributed by atoms with Gasteiger partial charge in [0.1, 0.15) is 11.6 Å². The molecule has 8 rings (SSSR count). The van der Waals surface area contributed by atoms with Gasteiger partial charge in [0, 0.05) is 65.5 Å². The monoisotopic (exact) mass is 899 g/mol. The molecule has 0 amide bonds. The minimum atomic E-state index is -4.20. The zero-order valence-electron chi connectivity index (χ0n) is 64.4. The Morgan fingerprint density at radius 2 is 1.23 bits per heavy atom. The van der Waals surface area contributed by atoms with Gasteiger partial charge >= 0.3 is 0 Å². The largest absolute Gasteiger partial charge is 0.507 e. The molecule has 8 aromatic rings. The second kappa shape index (κ2) is 17.2. The number of fused-ring (bicyclic) bond motifs is 1. The van der Waals surface area contributed by atoms with E-state index in [1.165, 1.54) is 35.0 Å². The molecule has 0 aliphatic rings. The first-order valence-electron chi connectivity index (χ1n) is 35.0. The van der Waals surface area contributed by atoms with Crippen LogP contribution in [0.3, 0.4) is 0 Å². The van der Waals surface area contributed by atoms with E-state index in [4.69, 9.17) is 47.0 Å². The van der Waals surface area contributed by atoms with Gasteiger partial charge in [0.25, 0.3) is 0 Å². The lowest BCUT2D eigenvalue weighted by Crippen LogP contribution is -2.17. The van der Waals surface area contributed by atoms with Gasteiger partial charge in [0.2, 0.25) is 0 Å². The number of rotatable bonds is 8. The molecule has 0 bridgehead atoms. The molecule has 0 aliphatic heterocycles. The number of phenols is 1. The third kappa shape index (κ3) is 9.38. The number of hydrogen-bond donors (Lipinski definition) is 1. The number of aromatic nitrogens is 3. The molecule has 338 valence electrons. The summed E-state index contributed by atoms with van der Waals surface area (Å²) in [4.78, 5) is 9.91. The zero-order chi connectivity index (χ0) is 70.0. The summed E-state index contributed by atoms with van der Waals surface area (Å²) in [6.45, 7) is -25.5. The topological polar surface area (TPSA) is 50.9 Å². The van der Waals surface area contributed by atoms with Crippen molar-refractivity contribution >= 4 is 11.0 Å². The van der Waals surface area contributed by atoms with Gasteiger partial charge in [0.05, 0.1) is 28.0 Å². The van der Waals surface area contributed by atoms with E-state index in [0.29, 0.717) is 57.1 Å². The summed E-state index contributed by atoms with van der Waals surface area (Å²) >= 11 is 0. The first kappa shape index (κ1) is 23.5. The highest BCUT2D eigenvalue weighted by molar-refractivity contribution is 5.98. The fourth-order valence-electron chi connectivity index (χ4n) is 8.33. The number of phenolic OH excluding ortho intramolecular Hbond substituents is 1. The lowest BCUT2D eigenvalue weighted by molar-refractivity contribution is 0.446. The van der Waals surface area contributed by atoms with Gasteiger partial charge in [0.15, 0.2) is 0 Å². The van der Waals surface area contributed by atoms with Crippen molar-refractivity contribution in [1.29, 1.82) is 0 Å². The summed E-state index contributed by atoms with van der Waals surface area (Å²) in [5.74, 6) is -1.77. The molecule has 0 radical (unpaired) electrons. The Hall–Kier alpha value is -6.26.